The van der Waals surface area contributed by atoms with Gasteiger partial charge in [-0.05, 0) is 30.6 Å². The molecule has 0 spiro atoms. The lowest BCUT2D eigenvalue weighted by molar-refractivity contribution is -0.385. The zero-order chi connectivity index (χ0) is 19.5. The fourth-order valence-corrected chi connectivity index (χ4v) is 2.85. The minimum absolute atomic E-state index is 0.0251. The van der Waals surface area contributed by atoms with E-state index in [2.05, 4.69) is 5.16 Å². The van der Waals surface area contributed by atoms with Crippen LogP contribution in [0.4, 0.5) is 5.69 Å². The zero-order valence-corrected chi connectivity index (χ0v) is 14.9. The van der Waals surface area contributed by atoms with Crippen LogP contribution in [0.1, 0.15) is 39.2 Å². The maximum atomic E-state index is 12.4. The number of allylic oxidation sites excluding steroid dienone is 3. The van der Waals surface area contributed by atoms with Crippen LogP contribution in [0.2, 0.25) is 0 Å². The summed E-state index contributed by atoms with van der Waals surface area (Å²) in [5.74, 6) is -0.573. The summed E-state index contributed by atoms with van der Waals surface area (Å²) < 4.78 is 0. The van der Waals surface area contributed by atoms with E-state index in [1.165, 1.54) is 37.3 Å². The summed E-state index contributed by atoms with van der Waals surface area (Å²) >= 11 is 0. The summed E-state index contributed by atoms with van der Waals surface area (Å²) in [6, 6.07) is 6.06. The summed E-state index contributed by atoms with van der Waals surface area (Å²) in [5.41, 5.74) is 0.185. The largest absolute Gasteiger partial charge is 0.411 e. The third-order valence-corrected chi connectivity index (χ3v) is 4.19. The highest BCUT2D eigenvalue weighted by atomic mass is 16.6. The molecule has 0 heterocycles. The highest BCUT2D eigenvalue weighted by molar-refractivity contribution is 6.23. The van der Waals surface area contributed by atoms with Gasteiger partial charge in [0.2, 0.25) is 0 Å². The second-order valence-corrected chi connectivity index (χ2v) is 7.02. The molecular formula is C19H20N2O5. The second-order valence-electron chi connectivity index (χ2n) is 7.02. The van der Waals surface area contributed by atoms with Crippen molar-refractivity contribution in [1.82, 2.24) is 0 Å². The van der Waals surface area contributed by atoms with Crippen LogP contribution >= 0.6 is 0 Å². The lowest BCUT2D eigenvalue weighted by Crippen LogP contribution is -2.31. The van der Waals surface area contributed by atoms with E-state index in [1.54, 1.807) is 6.07 Å². The Hall–Kier alpha value is -3.09. The van der Waals surface area contributed by atoms with Gasteiger partial charge in [0.15, 0.2) is 11.6 Å². The zero-order valence-electron chi connectivity index (χ0n) is 14.9. The number of oxime groups is 1. The molecule has 1 aromatic carbocycles. The molecule has 7 nitrogen and oxygen atoms in total. The molecule has 1 aromatic rings. The number of carbonyl (C=O) groups excluding carboxylic acids is 2. The lowest BCUT2D eigenvalue weighted by atomic mass is 9.73. The van der Waals surface area contributed by atoms with Crippen LogP contribution in [0.3, 0.4) is 0 Å². The summed E-state index contributed by atoms with van der Waals surface area (Å²) in [7, 11) is 0. The average molecular weight is 356 g/mol. The number of ketones is 2. The van der Waals surface area contributed by atoms with Crippen molar-refractivity contribution in [2.75, 3.05) is 0 Å². The minimum atomic E-state index is -0.526. The van der Waals surface area contributed by atoms with E-state index < -0.39 is 10.3 Å². The van der Waals surface area contributed by atoms with Gasteiger partial charge >= 0.3 is 0 Å². The van der Waals surface area contributed by atoms with Gasteiger partial charge in [0.1, 0.15) is 0 Å². The van der Waals surface area contributed by atoms with Crippen molar-refractivity contribution in [2.24, 2.45) is 10.6 Å². The summed E-state index contributed by atoms with van der Waals surface area (Å²) in [6.45, 7) is 5.19. The Morgan fingerprint density at radius 1 is 1.23 bits per heavy atom. The fraction of sp³-hybridized carbons (Fsp3) is 0.316. The number of nitro groups is 1. The Bertz CT molecular complexity index is 840. The first-order valence-corrected chi connectivity index (χ1v) is 8.07. The van der Waals surface area contributed by atoms with Crippen LogP contribution in [0.15, 0.2) is 46.6 Å². The van der Waals surface area contributed by atoms with Crippen LogP contribution < -0.4 is 0 Å². The molecule has 7 heteroatoms. The molecule has 136 valence electrons. The van der Waals surface area contributed by atoms with Crippen LogP contribution in [0.25, 0.3) is 6.08 Å². The number of hydrogen-bond donors (Lipinski definition) is 1. The van der Waals surface area contributed by atoms with Gasteiger partial charge in [0.25, 0.3) is 5.69 Å². The van der Waals surface area contributed by atoms with Gasteiger partial charge in [-0.2, -0.15) is 0 Å². The molecule has 0 saturated heterocycles. The van der Waals surface area contributed by atoms with E-state index >= 15 is 0 Å². The normalized spacial score (nSPS) is 18.0. The number of Topliss-reactive ketones (excluding diaryl/α,β-unsaturated/α-hetero) is 2. The van der Waals surface area contributed by atoms with Crippen molar-refractivity contribution in [3.05, 3.63) is 57.2 Å². The lowest BCUT2D eigenvalue weighted by Gasteiger charge is -2.28. The third-order valence-electron chi connectivity index (χ3n) is 4.19. The molecule has 2 rings (SSSR count). The number of para-hydroxylation sites is 1. The first-order chi connectivity index (χ1) is 12.1. The quantitative estimate of drug-likeness (QED) is 0.221. The molecule has 0 amide bonds. The molecule has 0 atom stereocenters. The molecule has 1 fully saturated rings. The molecule has 0 bridgehead atoms. The predicted molar refractivity (Wildman–Crippen MR) is 97.1 cm³/mol. The molecule has 1 aliphatic carbocycles. The van der Waals surface area contributed by atoms with Crippen molar-refractivity contribution in [3.63, 3.8) is 0 Å². The van der Waals surface area contributed by atoms with Crippen molar-refractivity contribution >= 4 is 29.0 Å². The number of carbonyl (C=O) groups is 2. The Morgan fingerprint density at radius 2 is 1.81 bits per heavy atom. The first kappa shape index (κ1) is 19.2. The van der Waals surface area contributed by atoms with Crippen LogP contribution in [0, 0.1) is 15.5 Å². The van der Waals surface area contributed by atoms with Crippen molar-refractivity contribution in [2.45, 2.75) is 33.6 Å². The van der Waals surface area contributed by atoms with Gasteiger partial charge in [-0.1, -0.05) is 31.1 Å². The molecule has 1 N–H and O–H groups in total. The van der Waals surface area contributed by atoms with Crippen LogP contribution in [-0.4, -0.2) is 27.4 Å². The third kappa shape index (κ3) is 4.30. The molecule has 26 heavy (non-hydrogen) atoms. The number of nitro benzene ring substituents is 1. The Labute approximate surface area is 150 Å². The maximum absolute atomic E-state index is 12.4. The van der Waals surface area contributed by atoms with Crippen LogP contribution in [0.5, 0.6) is 0 Å². The molecule has 1 aliphatic rings. The molecule has 1 saturated carbocycles. The van der Waals surface area contributed by atoms with E-state index in [0.717, 1.165) is 0 Å². The molecule has 0 unspecified atom stereocenters. The predicted octanol–water partition coefficient (Wildman–Crippen LogP) is 3.71. The van der Waals surface area contributed by atoms with Gasteiger partial charge in [-0.15, -0.1) is 0 Å². The van der Waals surface area contributed by atoms with Crippen molar-refractivity contribution in [3.8, 4) is 0 Å². The van der Waals surface area contributed by atoms with E-state index in [-0.39, 0.29) is 52.5 Å². The Morgan fingerprint density at radius 3 is 2.35 bits per heavy atom. The SMILES string of the molecule is CC(=N\O)/C(C=C1C(=O)CC(C)(C)CC1=O)=C/c1ccccc1[N+](=O)[O-]. The highest BCUT2D eigenvalue weighted by Gasteiger charge is 2.35. The van der Waals surface area contributed by atoms with Gasteiger partial charge in [0.05, 0.1) is 21.8 Å². The van der Waals surface area contributed by atoms with Gasteiger partial charge < -0.3 is 5.21 Å². The smallest absolute Gasteiger partial charge is 0.276 e. The standard InChI is InChI=1S/C19H20N2O5/c1-12(20-24)14(8-13-6-4-5-7-16(13)21(25)26)9-15-17(22)10-19(2,3)11-18(15)23/h4-9,24H,10-11H2,1-3H3/b14-8+,20-12+. The van der Waals surface area contributed by atoms with Crippen molar-refractivity contribution < 1.29 is 19.7 Å². The van der Waals surface area contributed by atoms with E-state index in [9.17, 15) is 19.7 Å². The van der Waals surface area contributed by atoms with E-state index in [0.29, 0.717) is 0 Å². The summed E-state index contributed by atoms with van der Waals surface area (Å²) in [4.78, 5) is 35.4. The number of hydrogen-bond acceptors (Lipinski definition) is 6. The fourth-order valence-electron chi connectivity index (χ4n) is 2.85. The van der Waals surface area contributed by atoms with E-state index in [4.69, 9.17) is 5.21 Å². The van der Waals surface area contributed by atoms with E-state index in [1.807, 2.05) is 13.8 Å². The average Bonchev–Trinajstić information content (AvgIpc) is 2.55. The summed E-state index contributed by atoms with van der Waals surface area (Å²) in [5, 5.41) is 23.4. The Kier molecular flexibility index (Phi) is 5.50. The highest BCUT2D eigenvalue weighted by Crippen LogP contribution is 2.34. The number of rotatable bonds is 4. The maximum Gasteiger partial charge on any atom is 0.276 e. The number of nitrogens with zero attached hydrogens (tertiary/aromatic N) is 2. The van der Waals surface area contributed by atoms with Gasteiger partial charge in [-0.25, -0.2) is 0 Å². The second kappa shape index (κ2) is 7.43. The summed E-state index contributed by atoms with van der Waals surface area (Å²) in [6.07, 6.45) is 3.25. The topological polar surface area (TPSA) is 110 Å². The number of benzene rings is 1. The molecule has 0 aromatic heterocycles. The van der Waals surface area contributed by atoms with Crippen LogP contribution in [-0.2, 0) is 9.59 Å². The molecule has 0 aliphatic heterocycles. The molecule has 0 radical (unpaired) electrons. The minimum Gasteiger partial charge on any atom is -0.411 e. The van der Waals surface area contributed by atoms with Gasteiger partial charge in [0, 0.05) is 24.5 Å². The monoisotopic (exact) mass is 356 g/mol. The Balaban J connectivity index is 2.56. The first-order valence-electron chi connectivity index (χ1n) is 8.07. The molecular weight excluding hydrogens is 336 g/mol. The van der Waals surface area contributed by atoms with Gasteiger partial charge in [-0.3, -0.25) is 19.7 Å². The van der Waals surface area contributed by atoms with Crippen molar-refractivity contribution in [1.29, 1.82) is 0 Å².